The van der Waals surface area contributed by atoms with Crippen LogP contribution in [0.25, 0.3) is 10.2 Å². The topological polar surface area (TPSA) is 53.4 Å². The summed E-state index contributed by atoms with van der Waals surface area (Å²) in [5.74, 6) is 0. The van der Waals surface area contributed by atoms with Crippen LogP contribution in [-0.4, -0.2) is 27.4 Å². The lowest BCUT2D eigenvalue weighted by molar-refractivity contribution is -0.0433. The zero-order valence-electron chi connectivity index (χ0n) is 10.9. The summed E-state index contributed by atoms with van der Waals surface area (Å²) in [5.41, 5.74) is 0.630. The van der Waals surface area contributed by atoms with Gasteiger partial charge in [-0.2, -0.15) is 0 Å². The van der Waals surface area contributed by atoms with E-state index in [0.717, 1.165) is 15.2 Å². The largest absolute Gasteiger partial charge is 0.390 e. The van der Waals surface area contributed by atoms with Gasteiger partial charge in [0.15, 0.2) is 0 Å². The Morgan fingerprint density at radius 1 is 1.22 bits per heavy atom. The molecule has 1 aromatic carbocycles. The molecule has 2 N–H and O–H groups in total. The van der Waals surface area contributed by atoms with Crippen LogP contribution < -0.4 is 0 Å². The predicted octanol–water partition coefficient (Wildman–Crippen LogP) is 2.61. The van der Waals surface area contributed by atoms with E-state index in [9.17, 15) is 10.2 Å². The number of hydrogen-bond acceptors (Lipinski definition) is 4. The van der Waals surface area contributed by atoms with Crippen molar-refractivity contribution in [2.24, 2.45) is 5.41 Å². The maximum absolute atomic E-state index is 10.0. The first-order valence-corrected chi connectivity index (χ1v) is 6.90. The Morgan fingerprint density at radius 3 is 2.50 bits per heavy atom. The zero-order chi connectivity index (χ0) is 13.3. The second kappa shape index (κ2) is 4.96. The van der Waals surface area contributed by atoms with Crippen LogP contribution in [0, 0.1) is 5.41 Å². The molecule has 0 bridgehead atoms. The normalized spacial score (nSPS) is 15.8. The molecule has 1 aromatic heterocycles. The molecule has 2 aromatic rings. The lowest BCUT2D eigenvalue weighted by Gasteiger charge is -2.29. The van der Waals surface area contributed by atoms with Gasteiger partial charge in [0.1, 0.15) is 0 Å². The van der Waals surface area contributed by atoms with Crippen LogP contribution in [-0.2, 0) is 6.42 Å². The highest BCUT2D eigenvalue weighted by Gasteiger charge is 2.29. The Kier molecular flexibility index (Phi) is 3.71. The van der Waals surface area contributed by atoms with Gasteiger partial charge in [-0.3, -0.25) is 0 Å². The van der Waals surface area contributed by atoms with Gasteiger partial charge in [-0.05, 0) is 17.5 Å². The van der Waals surface area contributed by atoms with Gasteiger partial charge in [-0.1, -0.05) is 32.9 Å². The summed E-state index contributed by atoms with van der Waals surface area (Å²) in [6, 6.07) is 7.90. The molecule has 0 amide bonds. The maximum Gasteiger partial charge on any atom is 0.0965 e. The van der Waals surface area contributed by atoms with Gasteiger partial charge >= 0.3 is 0 Å². The molecule has 0 aliphatic rings. The fourth-order valence-corrected chi connectivity index (χ4v) is 2.89. The van der Waals surface area contributed by atoms with Crippen molar-refractivity contribution in [3.8, 4) is 0 Å². The average molecular weight is 265 g/mol. The fourth-order valence-electron chi connectivity index (χ4n) is 1.87. The molecule has 0 saturated carbocycles. The first-order chi connectivity index (χ1) is 8.38. The van der Waals surface area contributed by atoms with E-state index in [2.05, 4.69) is 4.98 Å². The Bertz CT molecular complexity index is 497. The van der Waals surface area contributed by atoms with E-state index in [0.29, 0.717) is 6.42 Å². The van der Waals surface area contributed by atoms with Crippen LogP contribution in [0.15, 0.2) is 24.3 Å². The molecule has 98 valence electrons. The number of rotatable bonds is 3. The molecule has 3 nitrogen and oxygen atoms in total. The Balaban J connectivity index is 2.14. The fraction of sp³-hybridized carbons (Fsp3) is 0.500. The Hall–Kier alpha value is -0.970. The number of nitrogens with zero attached hydrogens (tertiary/aromatic N) is 1. The minimum Gasteiger partial charge on any atom is -0.390 e. The van der Waals surface area contributed by atoms with Gasteiger partial charge in [-0.15, -0.1) is 11.3 Å². The summed E-state index contributed by atoms with van der Waals surface area (Å²) in [6.45, 7) is 5.75. The van der Waals surface area contributed by atoms with Crippen molar-refractivity contribution in [2.75, 3.05) is 0 Å². The highest BCUT2D eigenvalue weighted by atomic mass is 32.1. The summed E-state index contributed by atoms with van der Waals surface area (Å²) in [6.07, 6.45) is -1.12. The molecule has 2 unspecified atom stereocenters. The van der Waals surface area contributed by atoms with Crippen LogP contribution in [0.3, 0.4) is 0 Å². The number of fused-ring (bicyclic) bond motifs is 1. The van der Waals surface area contributed by atoms with E-state index in [4.69, 9.17) is 0 Å². The monoisotopic (exact) mass is 265 g/mol. The molecular weight excluding hydrogens is 246 g/mol. The van der Waals surface area contributed by atoms with Gasteiger partial charge < -0.3 is 10.2 Å². The van der Waals surface area contributed by atoms with Crippen molar-refractivity contribution in [3.63, 3.8) is 0 Å². The van der Waals surface area contributed by atoms with Crippen LogP contribution in [0.1, 0.15) is 25.8 Å². The number of hydrogen-bond donors (Lipinski definition) is 2. The zero-order valence-corrected chi connectivity index (χ0v) is 11.7. The van der Waals surface area contributed by atoms with Crippen LogP contribution >= 0.6 is 11.3 Å². The van der Waals surface area contributed by atoms with Crippen molar-refractivity contribution in [1.29, 1.82) is 0 Å². The predicted molar refractivity (Wildman–Crippen MR) is 74.8 cm³/mol. The first-order valence-electron chi connectivity index (χ1n) is 6.08. The summed E-state index contributed by atoms with van der Waals surface area (Å²) in [4.78, 5) is 4.46. The summed E-state index contributed by atoms with van der Waals surface area (Å²) in [5, 5.41) is 20.9. The van der Waals surface area contributed by atoms with Crippen molar-refractivity contribution in [1.82, 2.24) is 4.98 Å². The Morgan fingerprint density at radius 2 is 1.89 bits per heavy atom. The third-order valence-electron chi connectivity index (χ3n) is 2.97. The number of aromatic nitrogens is 1. The quantitative estimate of drug-likeness (QED) is 0.897. The third-order valence-corrected chi connectivity index (χ3v) is 4.03. The number of aliphatic hydroxyl groups excluding tert-OH is 2. The van der Waals surface area contributed by atoms with E-state index in [1.54, 1.807) is 11.3 Å². The van der Waals surface area contributed by atoms with E-state index in [1.807, 2.05) is 45.0 Å². The molecule has 0 aliphatic carbocycles. The SMILES string of the molecule is CC(C)(C)C(O)C(O)Cc1nc2ccccc2s1. The van der Waals surface area contributed by atoms with Crippen LogP contribution in [0.5, 0.6) is 0 Å². The van der Waals surface area contributed by atoms with E-state index in [1.165, 1.54) is 0 Å². The number of thiazole rings is 1. The number of benzene rings is 1. The second-order valence-electron chi connectivity index (χ2n) is 5.66. The lowest BCUT2D eigenvalue weighted by atomic mass is 9.85. The summed E-state index contributed by atoms with van der Waals surface area (Å²) < 4.78 is 1.12. The average Bonchev–Trinajstić information content (AvgIpc) is 2.68. The second-order valence-corrected chi connectivity index (χ2v) is 6.77. The summed E-state index contributed by atoms with van der Waals surface area (Å²) in [7, 11) is 0. The van der Waals surface area contributed by atoms with E-state index in [-0.39, 0.29) is 5.41 Å². The lowest BCUT2D eigenvalue weighted by Crippen LogP contribution is -2.38. The molecule has 0 spiro atoms. The molecule has 2 rings (SSSR count). The standard InChI is InChI=1S/C14H19NO2S/c1-14(2,3)13(17)10(16)8-12-15-9-6-4-5-7-11(9)18-12/h4-7,10,13,16-17H,8H2,1-3H3. The minimum atomic E-state index is -0.773. The highest BCUT2D eigenvalue weighted by molar-refractivity contribution is 7.18. The molecule has 0 fully saturated rings. The van der Waals surface area contributed by atoms with Crippen LogP contribution in [0.2, 0.25) is 0 Å². The first kappa shape index (κ1) is 13.5. The van der Waals surface area contributed by atoms with Gasteiger partial charge in [0.25, 0.3) is 0 Å². The van der Waals surface area contributed by atoms with E-state index < -0.39 is 12.2 Å². The van der Waals surface area contributed by atoms with Gasteiger partial charge in [-0.25, -0.2) is 4.98 Å². The van der Waals surface area contributed by atoms with Crippen molar-refractivity contribution >= 4 is 21.6 Å². The molecule has 2 atom stereocenters. The van der Waals surface area contributed by atoms with Gasteiger partial charge in [0.05, 0.1) is 27.4 Å². The minimum absolute atomic E-state index is 0.323. The molecule has 0 radical (unpaired) electrons. The Labute approximate surface area is 111 Å². The number of para-hydroxylation sites is 1. The van der Waals surface area contributed by atoms with Crippen molar-refractivity contribution < 1.29 is 10.2 Å². The number of aliphatic hydroxyl groups is 2. The van der Waals surface area contributed by atoms with Crippen molar-refractivity contribution in [3.05, 3.63) is 29.3 Å². The smallest absolute Gasteiger partial charge is 0.0965 e. The van der Waals surface area contributed by atoms with E-state index >= 15 is 0 Å². The maximum atomic E-state index is 10.0. The molecular formula is C14H19NO2S. The summed E-state index contributed by atoms with van der Waals surface area (Å²) >= 11 is 1.57. The molecule has 4 heteroatoms. The van der Waals surface area contributed by atoms with Crippen LogP contribution in [0.4, 0.5) is 0 Å². The van der Waals surface area contributed by atoms with Gasteiger partial charge in [0.2, 0.25) is 0 Å². The molecule has 18 heavy (non-hydrogen) atoms. The molecule has 0 aliphatic heterocycles. The highest BCUT2D eigenvalue weighted by Crippen LogP contribution is 2.26. The van der Waals surface area contributed by atoms with Gasteiger partial charge in [0, 0.05) is 6.42 Å². The third kappa shape index (κ3) is 2.88. The molecule has 0 saturated heterocycles. The van der Waals surface area contributed by atoms with Crippen molar-refractivity contribution in [2.45, 2.75) is 39.4 Å². The molecule has 1 heterocycles.